The number of morpholine rings is 1. The Morgan fingerprint density at radius 1 is 1.22 bits per heavy atom. The number of benzene rings is 1. The molecule has 2 amide bonds. The molecule has 1 aromatic rings. The number of urea groups is 1. The van der Waals surface area contributed by atoms with Crippen LogP contribution in [0.3, 0.4) is 0 Å². The Hall–Kier alpha value is -1.73. The number of carbonyl (C=O) groups excluding carboxylic acids is 1. The molecule has 7 heteroatoms. The summed E-state index contributed by atoms with van der Waals surface area (Å²) in [5, 5.41) is 2.77. The van der Waals surface area contributed by atoms with Crippen LogP contribution in [0.2, 0.25) is 0 Å². The minimum absolute atomic E-state index is 0.101. The monoisotopic (exact) mass is 381 g/mol. The van der Waals surface area contributed by atoms with Crippen LogP contribution in [-0.4, -0.2) is 60.8 Å². The maximum atomic E-state index is 13.5. The van der Waals surface area contributed by atoms with Crippen molar-refractivity contribution in [1.29, 1.82) is 0 Å². The van der Waals surface area contributed by atoms with Crippen LogP contribution in [0.4, 0.5) is 19.3 Å². The van der Waals surface area contributed by atoms with Crippen molar-refractivity contribution in [3.8, 4) is 0 Å². The standard InChI is InChI=1S/C20H29F2N3O2/c1-3-20(25-11-13-27-14-12-25)7-9-24(10-8-20)18(26)23-17-6-4-5-16(15-17)19(2,21)22/h4-6,15H,3,7-14H2,1-2H3,(H,23,26). The van der Waals surface area contributed by atoms with Crippen LogP contribution in [0.25, 0.3) is 0 Å². The fourth-order valence-electron chi connectivity index (χ4n) is 4.13. The normalized spacial score (nSPS) is 21.1. The van der Waals surface area contributed by atoms with Gasteiger partial charge in [0.05, 0.1) is 13.2 Å². The van der Waals surface area contributed by atoms with E-state index in [4.69, 9.17) is 4.74 Å². The minimum Gasteiger partial charge on any atom is -0.379 e. The minimum atomic E-state index is -2.93. The average molecular weight is 381 g/mol. The maximum absolute atomic E-state index is 13.5. The van der Waals surface area contributed by atoms with Gasteiger partial charge in [0, 0.05) is 49.9 Å². The van der Waals surface area contributed by atoms with Crippen molar-refractivity contribution in [3.63, 3.8) is 0 Å². The van der Waals surface area contributed by atoms with Gasteiger partial charge in [-0.2, -0.15) is 0 Å². The van der Waals surface area contributed by atoms with Crippen LogP contribution in [0.1, 0.15) is 38.7 Å². The van der Waals surface area contributed by atoms with Crippen LogP contribution >= 0.6 is 0 Å². The summed E-state index contributed by atoms with van der Waals surface area (Å²) in [6.45, 7) is 7.82. The summed E-state index contributed by atoms with van der Waals surface area (Å²) in [4.78, 5) is 16.9. The van der Waals surface area contributed by atoms with Gasteiger partial charge in [0.15, 0.2) is 0 Å². The van der Waals surface area contributed by atoms with Crippen molar-refractivity contribution in [2.75, 3.05) is 44.7 Å². The van der Waals surface area contributed by atoms with Gasteiger partial charge >= 0.3 is 6.03 Å². The van der Waals surface area contributed by atoms with Gasteiger partial charge in [0.2, 0.25) is 0 Å². The van der Waals surface area contributed by atoms with E-state index in [0.717, 1.165) is 52.5 Å². The van der Waals surface area contributed by atoms with Crippen LogP contribution in [0.15, 0.2) is 24.3 Å². The number of likely N-dealkylation sites (tertiary alicyclic amines) is 1. The molecule has 1 aromatic carbocycles. The molecule has 0 unspecified atom stereocenters. The molecule has 0 aliphatic carbocycles. The number of amides is 2. The molecule has 2 fully saturated rings. The number of rotatable bonds is 4. The van der Waals surface area contributed by atoms with Crippen molar-refractivity contribution in [2.45, 2.75) is 44.6 Å². The molecule has 2 aliphatic rings. The molecule has 0 bridgehead atoms. The smallest absolute Gasteiger partial charge is 0.321 e. The zero-order valence-corrected chi connectivity index (χ0v) is 16.1. The first kappa shape index (κ1) is 20.0. The summed E-state index contributed by atoms with van der Waals surface area (Å²) < 4.78 is 32.5. The Bertz CT molecular complexity index is 649. The number of alkyl halides is 2. The fraction of sp³-hybridized carbons (Fsp3) is 0.650. The number of hydrogen-bond donors (Lipinski definition) is 1. The van der Waals surface area contributed by atoms with Gasteiger partial charge in [-0.25, -0.2) is 13.6 Å². The molecule has 0 radical (unpaired) electrons. The number of anilines is 1. The van der Waals surface area contributed by atoms with E-state index >= 15 is 0 Å². The van der Waals surface area contributed by atoms with Gasteiger partial charge < -0.3 is 15.0 Å². The predicted octanol–water partition coefficient (Wildman–Crippen LogP) is 3.91. The number of halogens is 2. The quantitative estimate of drug-likeness (QED) is 0.860. The first-order chi connectivity index (χ1) is 12.8. The van der Waals surface area contributed by atoms with E-state index in [1.165, 1.54) is 12.1 Å². The highest BCUT2D eigenvalue weighted by Gasteiger charge is 2.39. The third kappa shape index (κ3) is 4.58. The molecule has 2 aliphatic heterocycles. The van der Waals surface area contributed by atoms with Crippen molar-refractivity contribution in [1.82, 2.24) is 9.80 Å². The Morgan fingerprint density at radius 2 is 1.89 bits per heavy atom. The van der Waals surface area contributed by atoms with Gasteiger partial charge in [0.1, 0.15) is 0 Å². The maximum Gasteiger partial charge on any atom is 0.321 e. The highest BCUT2D eigenvalue weighted by atomic mass is 19.3. The van der Waals surface area contributed by atoms with E-state index in [9.17, 15) is 13.6 Å². The molecule has 0 aromatic heterocycles. The third-order valence-corrected chi connectivity index (χ3v) is 5.94. The summed E-state index contributed by atoms with van der Waals surface area (Å²) in [5.74, 6) is -2.93. The van der Waals surface area contributed by atoms with E-state index in [-0.39, 0.29) is 17.1 Å². The topological polar surface area (TPSA) is 44.8 Å². The van der Waals surface area contributed by atoms with Crippen molar-refractivity contribution in [2.24, 2.45) is 0 Å². The molecule has 150 valence electrons. The van der Waals surface area contributed by atoms with E-state index in [2.05, 4.69) is 17.1 Å². The Labute approximate surface area is 159 Å². The number of piperidine rings is 1. The Balaban J connectivity index is 1.60. The Morgan fingerprint density at radius 3 is 2.48 bits per heavy atom. The highest BCUT2D eigenvalue weighted by Crippen LogP contribution is 2.33. The first-order valence-corrected chi connectivity index (χ1v) is 9.71. The molecule has 5 nitrogen and oxygen atoms in total. The second-order valence-electron chi connectivity index (χ2n) is 7.56. The molecule has 2 saturated heterocycles. The zero-order valence-electron chi connectivity index (χ0n) is 16.1. The summed E-state index contributed by atoms with van der Waals surface area (Å²) in [7, 11) is 0. The lowest BCUT2D eigenvalue weighted by Crippen LogP contribution is -2.59. The number of ether oxygens (including phenoxy) is 1. The van der Waals surface area contributed by atoms with Crippen LogP contribution < -0.4 is 5.32 Å². The van der Waals surface area contributed by atoms with Gasteiger partial charge in [-0.1, -0.05) is 19.1 Å². The SMILES string of the molecule is CCC1(N2CCOCC2)CCN(C(=O)Nc2cccc(C(C)(F)F)c2)CC1. The lowest BCUT2D eigenvalue weighted by molar-refractivity contribution is -0.0449. The van der Waals surface area contributed by atoms with Crippen molar-refractivity contribution in [3.05, 3.63) is 29.8 Å². The zero-order chi connectivity index (χ0) is 19.5. The average Bonchev–Trinajstić information content (AvgIpc) is 2.68. The van der Waals surface area contributed by atoms with Gasteiger partial charge in [-0.15, -0.1) is 0 Å². The molecule has 27 heavy (non-hydrogen) atoms. The lowest BCUT2D eigenvalue weighted by atomic mass is 9.83. The van der Waals surface area contributed by atoms with Crippen LogP contribution in [-0.2, 0) is 10.7 Å². The summed E-state index contributed by atoms with van der Waals surface area (Å²) >= 11 is 0. The van der Waals surface area contributed by atoms with Crippen molar-refractivity contribution >= 4 is 11.7 Å². The summed E-state index contributed by atoms with van der Waals surface area (Å²) in [6.07, 6.45) is 2.89. The molecule has 3 rings (SSSR count). The Kier molecular flexibility index (Phi) is 6.01. The van der Waals surface area contributed by atoms with Gasteiger partial charge in [0.25, 0.3) is 5.92 Å². The highest BCUT2D eigenvalue weighted by molar-refractivity contribution is 5.89. The molecule has 0 spiro atoms. The molecular weight excluding hydrogens is 352 g/mol. The van der Waals surface area contributed by atoms with E-state index in [0.29, 0.717) is 18.8 Å². The first-order valence-electron chi connectivity index (χ1n) is 9.71. The second kappa shape index (κ2) is 8.10. The van der Waals surface area contributed by atoms with Crippen LogP contribution in [0.5, 0.6) is 0 Å². The number of carbonyl (C=O) groups is 1. The molecule has 1 N–H and O–H groups in total. The van der Waals surface area contributed by atoms with Gasteiger partial charge in [-0.05, 0) is 31.4 Å². The molecule has 0 saturated carbocycles. The summed E-state index contributed by atoms with van der Waals surface area (Å²) in [6, 6.07) is 5.67. The molecule has 2 heterocycles. The lowest BCUT2D eigenvalue weighted by Gasteiger charge is -2.49. The predicted molar refractivity (Wildman–Crippen MR) is 101 cm³/mol. The number of nitrogens with one attached hydrogen (secondary N) is 1. The summed E-state index contributed by atoms with van der Waals surface area (Å²) in [5.41, 5.74) is 0.431. The van der Waals surface area contributed by atoms with E-state index < -0.39 is 5.92 Å². The number of nitrogens with zero attached hydrogens (tertiary/aromatic N) is 2. The number of hydrogen-bond acceptors (Lipinski definition) is 3. The third-order valence-electron chi connectivity index (χ3n) is 5.94. The van der Waals surface area contributed by atoms with Crippen LogP contribution in [0, 0.1) is 0 Å². The van der Waals surface area contributed by atoms with Crippen molar-refractivity contribution < 1.29 is 18.3 Å². The van der Waals surface area contributed by atoms with E-state index in [1.807, 2.05) is 0 Å². The largest absolute Gasteiger partial charge is 0.379 e. The van der Waals surface area contributed by atoms with Gasteiger partial charge in [-0.3, -0.25) is 4.90 Å². The molecular formula is C20H29F2N3O2. The van der Waals surface area contributed by atoms with E-state index in [1.54, 1.807) is 17.0 Å². The fourth-order valence-corrected chi connectivity index (χ4v) is 4.13. The second-order valence-corrected chi connectivity index (χ2v) is 7.56. The molecule has 0 atom stereocenters.